The number of aliphatic carboxylic acids is 1. The SMILES string of the molecule is COc1cccc([C@@H]2Cc3ccccc3C23CCC(Nc2cccc(Cl)c2)(C(=O)O)CC3)c1C. The minimum Gasteiger partial charge on any atom is -0.496 e. The van der Waals surface area contributed by atoms with Crippen LogP contribution in [0.25, 0.3) is 0 Å². The van der Waals surface area contributed by atoms with Crippen molar-refractivity contribution in [2.45, 2.75) is 55.9 Å². The number of benzene rings is 3. The molecule has 0 saturated heterocycles. The normalized spacial score (nSPS) is 25.7. The topological polar surface area (TPSA) is 58.6 Å². The van der Waals surface area contributed by atoms with Gasteiger partial charge in [0, 0.05) is 16.1 Å². The van der Waals surface area contributed by atoms with E-state index in [1.807, 2.05) is 18.2 Å². The summed E-state index contributed by atoms with van der Waals surface area (Å²) >= 11 is 6.17. The maximum Gasteiger partial charge on any atom is 0.329 e. The van der Waals surface area contributed by atoms with E-state index < -0.39 is 11.5 Å². The predicted octanol–water partition coefficient (Wildman–Crippen LogP) is 6.74. The summed E-state index contributed by atoms with van der Waals surface area (Å²) in [5, 5.41) is 14.3. The van der Waals surface area contributed by atoms with Crippen LogP contribution >= 0.6 is 11.6 Å². The van der Waals surface area contributed by atoms with Crippen LogP contribution in [0.1, 0.15) is 53.9 Å². The van der Waals surface area contributed by atoms with Gasteiger partial charge >= 0.3 is 5.97 Å². The molecule has 0 unspecified atom stereocenters. The highest BCUT2D eigenvalue weighted by atomic mass is 35.5. The third-order valence-corrected chi connectivity index (χ3v) is 8.41. The van der Waals surface area contributed by atoms with Crippen molar-refractivity contribution in [1.82, 2.24) is 0 Å². The quantitative estimate of drug-likeness (QED) is 0.428. The fourth-order valence-electron chi connectivity index (χ4n) is 6.40. The Labute approximate surface area is 205 Å². The van der Waals surface area contributed by atoms with Crippen LogP contribution < -0.4 is 10.1 Å². The van der Waals surface area contributed by atoms with Crippen LogP contribution in [-0.2, 0) is 16.6 Å². The fourth-order valence-corrected chi connectivity index (χ4v) is 6.59. The number of carboxylic acid groups (broad SMARTS) is 1. The monoisotopic (exact) mass is 475 g/mol. The van der Waals surface area contributed by atoms with Crippen LogP contribution in [0.15, 0.2) is 66.7 Å². The number of halogens is 1. The van der Waals surface area contributed by atoms with Gasteiger partial charge in [-0.15, -0.1) is 0 Å². The van der Waals surface area contributed by atoms with Crippen LogP contribution in [0, 0.1) is 6.92 Å². The van der Waals surface area contributed by atoms with E-state index >= 15 is 0 Å². The molecule has 0 bridgehead atoms. The molecule has 1 atom stereocenters. The van der Waals surface area contributed by atoms with Gasteiger partial charge in [-0.25, -0.2) is 4.79 Å². The average molecular weight is 476 g/mol. The number of hydrogen-bond donors (Lipinski definition) is 2. The summed E-state index contributed by atoms with van der Waals surface area (Å²) in [7, 11) is 1.72. The Bertz CT molecular complexity index is 1230. The molecule has 0 heterocycles. The molecule has 176 valence electrons. The van der Waals surface area contributed by atoms with Crippen molar-refractivity contribution in [3.8, 4) is 5.75 Å². The summed E-state index contributed by atoms with van der Waals surface area (Å²) in [6.45, 7) is 2.13. The third-order valence-electron chi connectivity index (χ3n) is 8.18. The van der Waals surface area contributed by atoms with Gasteiger partial charge in [0.15, 0.2) is 0 Å². The summed E-state index contributed by atoms with van der Waals surface area (Å²) in [5.41, 5.74) is 4.88. The van der Waals surface area contributed by atoms with Gasteiger partial charge in [-0.2, -0.15) is 0 Å². The highest BCUT2D eigenvalue weighted by molar-refractivity contribution is 6.30. The maximum atomic E-state index is 12.6. The summed E-state index contributed by atoms with van der Waals surface area (Å²) in [6.07, 6.45) is 3.65. The summed E-state index contributed by atoms with van der Waals surface area (Å²) < 4.78 is 5.64. The fraction of sp³-hybridized carbons (Fsp3) is 0.345. The zero-order valence-electron chi connectivity index (χ0n) is 19.6. The first-order chi connectivity index (χ1) is 16.4. The Kier molecular flexibility index (Phi) is 5.81. The maximum absolute atomic E-state index is 12.6. The van der Waals surface area contributed by atoms with Crippen molar-refractivity contribution in [2.75, 3.05) is 12.4 Å². The molecule has 1 fully saturated rings. The second-order valence-corrected chi connectivity index (χ2v) is 10.2. The van der Waals surface area contributed by atoms with E-state index in [1.165, 1.54) is 22.3 Å². The summed E-state index contributed by atoms with van der Waals surface area (Å²) in [5.74, 6) is 0.391. The van der Waals surface area contributed by atoms with Gasteiger partial charge < -0.3 is 15.2 Å². The van der Waals surface area contributed by atoms with E-state index in [-0.39, 0.29) is 11.3 Å². The van der Waals surface area contributed by atoms with Crippen LogP contribution in [-0.4, -0.2) is 23.7 Å². The Morgan fingerprint density at radius 1 is 1.03 bits per heavy atom. The minimum atomic E-state index is -1.01. The number of methoxy groups -OCH3 is 1. The van der Waals surface area contributed by atoms with Crippen molar-refractivity contribution in [3.63, 3.8) is 0 Å². The number of rotatable bonds is 5. The molecule has 3 aromatic carbocycles. The third kappa shape index (κ3) is 3.65. The molecular weight excluding hydrogens is 446 g/mol. The Balaban J connectivity index is 1.53. The van der Waals surface area contributed by atoms with E-state index in [4.69, 9.17) is 16.3 Å². The molecule has 0 amide bonds. The van der Waals surface area contributed by atoms with Crippen molar-refractivity contribution >= 4 is 23.3 Å². The number of carbonyl (C=O) groups is 1. The van der Waals surface area contributed by atoms with Crippen molar-refractivity contribution in [1.29, 1.82) is 0 Å². The average Bonchev–Trinajstić information content (AvgIpc) is 3.14. The molecule has 2 aliphatic rings. The summed E-state index contributed by atoms with van der Waals surface area (Å²) in [4.78, 5) is 12.6. The molecule has 1 spiro atoms. The summed E-state index contributed by atoms with van der Waals surface area (Å²) in [6, 6.07) is 22.3. The highest BCUT2D eigenvalue weighted by Crippen LogP contribution is 2.58. The van der Waals surface area contributed by atoms with Crippen molar-refractivity contribution < 1.29 is 14.6 Å². The smallest absolute Gasteiger partial charge is 0.329 e. The van der Waals surface area contributed by atoms with Crippen LogP contribution in [0.5, 0.6) is 5.75 Å². The lowest BCUT2D eigenvalue weighted by atomic mass is 9.59. The van der Waals surface area contributed by atoms with Crippen LogP contribution in [0.3, 0.4) is 0 Å². The molecule has 5 heteroatoms. The van der Waals surface area contributed by atoms with E-state index in [9.17, 15) is 9.90 Å². The lowest BCUT2D eigenvalue weighted by Crippen LogP contribution is -2.52. The van der Waals surface area contributed by atoms with Gasteiger partial charge in [0.1, 0.15) is 11.3 Å². The zero-order valence-corrected chi connectivity index (χ0v) is 20.4. The van der Waals surface area contributed by atoms with E-state index in [1.54, 1.807) is 19.2 Å². The molecule has 3 aromatic rings. The number of fused-ring (bicyclic) bond motifs is 2. The van der Waals surface area contributed by atoms with Gasteiger partial charge in [-0.05, 0) is 91.5 Å². The molecule has 1 saturated carbocycles. The second kappa shape index (κ2) is 8.66. The predicted molar refractivity (Wildman–Crippen MR) is 136 cm³/mol. The van der Waals surface area contributed by atoms with Gasteiger partial charge in [-0.3, -0.25) is 0 Å². The number of ether oxygens (including phenoxy) is 1. The molecule has 5 rings (SSSR count). The van der Waals surface area contributed by atoms with Gasteiger partial charge in [0.05, 0.1) is 7.11 Å². The number of hydrogen-bond acceptors (Lipinski definition) is 3. The molecule has 0 radical (unpaired) electrons. The first kappa shape index (κ1) is 22.8. The van der Waals surface area contributed by atoms with Crippen LogP contribution in [0.4, 0.5) is 5.69 Å². The standard InChI is InChI=1S/C29H30ClNO3/c1-19-23(10-6-12-26(19)34-2)25-17-20-7-3-4-11-24(20)28(25)13-15-29(16-14-28,27(32)33)31-22-9-5-8-21(30)18-22/h3-12,18,25,31H,13-17H2,1-2H3,(H,32,33)/t25-,28?,29?/m0/s1. The van der Waals surface area contributed by atoms with Gasteiger partial charge in [-0.1, -0.05) is 54.1 Å². The first-order valence-corrected chi connectivity index (χ1v) is 12.3. The largest absolute Gasteiger partial charge is 0.496 e. The van der Waals surface area contributed by atoms with Gasteiger partial charge in [0.2, 0.25) is 0 Å². The molecule has 0 aliphatic heterocycles. The Morgan fingerprint density at radius 2 is 1.76 bits per heavy atom. The lowest BCUT2D eigenvalue weighted by Gasteiger charge is -2.47. The number of carboxylic acids is 1. The molecule has 2 aliphatic carbocycles. The molecule has 2 N–H and O–H groups in total. The van der Waals surface area contributed by atoms with Crippen molar-refractivity contribution in [2.24, 2.45) is 0 Å². The van der Waals surface area contributed by atoms with E-state index in [2.05, 4.69) is 48.6 Å². The Hall–Kier alpha value is -2.98. The molecular formula is C29H30ClNO3. The number of anilines is 1. The van der Waals surface area contributed by atoms with Crippen LogP contribution in [0.2, 0.25) is 5.02 Å². The van der Waals surface area contributed by atoms with E-state index in [0.29, 0.717) is 17.9 Å². The Morgan fingerprint density at radius 3 is 2.47 bits per heavy atom. The molecule has 0 aromatic heterocycles. The lowest BCUT2D eigenvalue weighted by molar-refractivity contribution is -0.144. The minimum absolute atomic E-state index is 0.0946. The number of nitrogens with one attached hydrogen (secondary N) is 1. The highest BCUT2D eigenvalue weighted by Gasteiger charge is 2.54. The van der Waals surface area contributed by atoms with Gasteiger partial charge in [0.25, 0.3) is 0 Å². The zero-order chi connectivity index (χ0) is 23.9. The molecule has 34 heavy (non-hydrogen) atoms. The second-order valence-electron chi connectivity index (χ2n) is 9.77. The van der Waals surface area contributed by atoms with Crippen molar-refractivity contribution in [3.05, 3.63) is 94.0 Å². The first-order valence-electron chi connectivity index (χ1n) is 11.9. The van der Waals surface area contributed by atoms with E-state index in [0.717, 1.165) is 30.7 Å². The molecule has 4 nitrogen and oxygen atoms in total.